The van der Waals surface area contributed by atoms with Crippen LogP contribution in [-0.2, 0) is 16.6 Å². The second kappa shape index (κ2) is 6.42. The first-order chi connectivity index (χ1) is 11.0. The first kappa shape index (κ1) is 16.2. The predicted molar refractivity (Wildman–Crippen MR) is 90.6 cm³/mol. The predicted octanol–water partition coefficient (Wildman–Crippen LogP) is 3.70. The maximum atomic E-state index is 13.7. The molecule has 2 aromatic heterocycles. The van der Waals surface area contributed by atoms with Gasteiger partial charge in [0.25, 0.3) is 10.0 Å². The van der Waals surface area contributed by atoms with Crippen LogP contribution in [0.15, 0.2) is 56.7 Å². The second-order valence-electron chi connectivity index (χ2n) is 4.65. The summed E-state index contributed by atoms with van der Waals surface area (Å²) in [5.41, 5.74) is 0.468. The number of thiophene rings is 1. The zero-order chi connectivity index (χ0) is 16.4. The van der Waals surface area contributed by atoms with Gasteiger partial charge in [0.05, 0.1) is 11.0 Å². The first-order valence-corrected chi connectivity index (χ1v) is 9.64. The molecule has 0 bridgehead atoms. The lowest BCUT2D eigenvalue weighted by Crippen LogP contribution is -2.12. The Balaban J connectivity index is 1.83. The average molecular weight is 416 g/mol. The van der Waals surface area contributed by atoms with Gasteiger partial charge in [-0.3, -0.25) is 9.40 Å². The number of anilines is 1. The maximum Gasteiger partial charge on any atom is 0.272 e. The molecule has 0 aliphatic heterocycles. The van der Waals surface area contributed by atoms with Crippen LogP contribution in [0.25, 0.3) is 0 Å². The number of benzene rings is 1. The molecule has 1 N–H and O–H groups in total. The van der Waals surface area contributed by atoms with E-state index in [1.165, 1.54) is 16.8 Å². The van der Waals surface area contributed by atoms with Gasteiger partial charge in [-0.05, 0) is 33.4 Å². The van der Waals surface area contributed by atoms with E-state index in [0.29, 0.717) is 10.0 Å². The van der Waals surface area contributed by atoms with Crippen molar-refractivity contribution in [3.05, 3.63) is 63.8 Å². The molecule has 3 aromatic rings. The van der Waals surface area contributed by atoms with Crippen molar-refractivity contribution in [1.29, 1.82) is 0 Å². The van der Waals surface area contributed by atoms with Crippen molar-refractivity contribution in [3.63, 3.8) is 0 Å². The fourth-order valence-electron chi connectivity index (χ4n) is 1.94. The molecule has 0 aliphatic carbocycles. The molecule has 5 nitrogen and oxygen atoms in total. The topological polar surface area (TPSA) is 64.0 Å². The maximum absolute atomic E-state index is 13.7. The monoisotopic (exact) mass is 415 g/mol. The molecule has 0 saturated carbocycles. The molecule has 120 valence electrons. The van der Waals surface area contributed by atoms with Gasteiger partial charge >= 0.3 is 0 Å². The van der Waals surface area contributed by atoms with Crippen molar-refractivity contribution < 1.29 is 12.8 Å². The van der Waals surface area contributed by atoms with Crippen LogP contribution in [0.2, 0.25) is 0 Å². The van der Waals surface area contributed by atoms with Gasteiger partial charge in [-0.15, -0.1) is 11.3 Å². The van der Waals surface area contributed by atoms with Crippen LogP contribution in [0.5, 0.6) is 0 Å². The van der Waals surface area contributed by atoms with Crippen LogP contribution in [0.4, 0.5) is 10.2 Å². The van der Waals surface area contributed by atoms with E-state index in [1.54, 1.807) is 35.8 Å². The molecule has 23 heavy (non-hydrogen) atoms. The molecule has 0 unspecified atom stereocenters. The van der Waals surface area contributed by atoms with E-state index in [2.05, 4.69) is 25.8 Å². The fraction of sp³-hybridized carbons (Fsp3) is 0.0714. The van der Waals surface area contributed by atoms with Crippen LogP contribution in [-0.4, -0.2) is 18.2 Å². The number of hydrogen-bond donors (Lipinski definition) is 1. The minimum absolute atomic E-state index is 0.162. The minimum atomic E-state index is -3.67. The Kier molecular flexibility index (Phi) is 4.51. The van der Waals surface area contributed by atoms with E-state index < -0.39 is 10.0 Å². The normalized spacial score (nSPS) is 11.6. The third-order valence-corrected chi connectivity index (χ3v) is 6.31. The van der Waals surface area contributed by atoms with Crippen molar-refractivity contribution in [2.75, 3.05) is 4.72 Å². The van der Waals surface area contributed by atoms with E-state index in [-0.39, 0.29) is 22.4 Å². The highest BCUT2D eigenvalue weighted by Gasteiger charge is 2.19. The fourth-order valence-corrected chi connectivity index (χ4v) is 4.50. The summed E-state index contributed by atoms with van der Waals surface area (Å²) in [6.45, 7) is 0.200. The Hall–Kier alpha value is -1.71. The Bertz CT molecular complexity index is 923. The minimum Gasteiger partial charge on any atom is -0.265 e. The molecule has 0 radical (unpaired) electrons. The second-order valence-corrected chi connectivity index (χ2v) is 8.36. The molecule has 0 aliphatic rings. The summed E-state index contributed by atoms with van der Waals surface area (Å²) < 4.78 is 42.7. The van der Waals surface area contributed by atoms with Gasteiger partial charge in [-0.2, -0.15) is 5.10 Å². The third-order valence-electron chi connectivity index (χ3n) is 3.00. The van der Waals surface area contributed by atoms with Gasteiger partial charge in [0, 0.05) is 11.8 Å². The zero-order valence-corrected chi connectivity index (χ0v) is 14.8. The SMILES string of the molecule is O=S(=O)(Nc1nn(Cc2ccccc2F)cc1Br)c1cccs1. The van der Waals surface area contributed by atoms with E-state index in [4.69, 9.17) is 0 Å². The highest BCUT2D eigenvalue weighted by atomic mass is 79.9. The number of sulfonamides is 1. The number of nitrogens with zero attached hydrogens (tertiary/aromatic N) is 2. The summed E-state index contributed by atoms with van der Waals surface area (Å²) in [4.78, 5) is 0. The summed E-state index contributed by atoms with van der Waals surface area (Å²) in [5.74, 6) is -0.172. The molecule has 0 fully saturated rings. The quantitative estimate of drug-likeness (QED) is 0.690. The van der Waals surface area contributed by atoms with Crippen molar-refractivity contribution in [3.8, 4) is 0 Å². The van der Waals surface area contributed by atoms with Crippen molar-refractivity contribution in [2.24, 2.45) is 0 Å². The number of aromatic nitrogens is 2. The Morgan fingerprint density at radius 2 is 2.04 bits per heavy atom. The first-order valence-electron chi connectivity index (χ1n) is 6.48. The highest BCUT2D eigenvalue weighted by Crippen LogP contribution is 2.25. The Morgan fingerprint density at radius 1 is 1.26 bits per heavy atom. The van der Waals surface area contributed by atoms with E-state index in [0.717, 1.165) is 11.3 Å². The number of hydrogen-bond acceptors (Lipinski definition) is 4. The molecule has 3 rings (SSSR count). The lowest BCUT2D eigenvalue weighted by Gasteiger charge is -2.04. The summed E-state index contributed by atoms with van der Waals surface area (Å²) in [7, 11) is -3.67. The molecular formula is C14H11BrFN3O2S2. The summed E-state index contributed by atoms with van der Waals surface area (Å²) >= 11 is 4.38. The smallest absolute Gasteiger partial charge is 0.265 e. The van der Waals surface area contributed by atoms with Gasteiger partial charge in [0.15, 0.2) is 5.82 Å². The van der Waals surface area contributed by atoms with Gasteiger partial charge < -0.3 is 0 Å². The Morgan fingerprint density at radius 3 is 2.74 bits per heavy atom. The van der Waals surface area contributed by atoms with Gasteiger partial charge in [-0.1, -0.05) is 24.3 Å². The van der Waals surface area contributed by atoms with Crippen LogP contribution in [0.3, 0.4) is 0 Å². The number of rotatable bonds is 5. The van der Waals surface area contributed by atoms with E-state index >= 15 is 0 Å². The van der Waals surface area contributed by atoms with Crippen molar-refractivity contribution in [1.82, 2.24) is 9.78 Å². The molecule has 0 amide bonds. The molecule has 9 heteroatoms. The molecule has 0 saturated heterocycles. The van der Waals surface area contributed by atoms with Gasteiger partial charge in [0.2, 0.25) is 0 Å². The molecular weight excluding hydrogens is 405 g/mol. The van der Waals surface area contributed by atoms with Crippen LogP contribution < -0.4 is 4.72 Å². The van der Waals surface area contributed by atoms with Crippen molar-refractivity contribution >= 4 is 43.1 Å². The molecule has 2 heterocycles. The van der Waals surface area contributed by atoms with Crippen LogP contribution in [0.1, 0.15) is 5.56 Å². The zero-order valence-electron chi connectivity index (χ0n) is 11.6. The third kappa shape index (κ3) is 3.62. The number of nitrogens with one attached hydrogen (secondary N) is 1. The van der Waals surface area contributed by atoms with E-state index in [9.17, 15) is 12.8 Å². The molecule has 0 atom stereocenters. The molecule has 1 aromatic carbocycles. The van der Waals surface area contributed by atoms with Gasteiger partial charge in [-0.25, -0.2) is 12.8 Å². The number of halogens is 2. The standard InChI is InChI=1S/C14H11BrFN3O2S2/c15-11-9-19(8-10-4-1-2-5-12(10)16)17-14(11)18-23(20,21)13-6-3-7-22-13/h1-7,9H,8H2,(H,17,18). The summed E-state index contributed by atoms with van der Waals surface area (Å²) in [6, 6.07) is 9.53. The highest BCUT2D eigenvalue weighted by molar-refractivity contribution is 9.10. The summed E-state index contributed by atoms with van der Waals surface area (Å²) in [6.07, 6.45) is 1.60. The lowest BCUT2D eigenvalue weighted by molar-refractivity contribution is 0.585. The Labute approximate surface area is 145 Å². The molecule has 0 spiro atoms. The largest absolute Gasteiger partial charge is 0.272 e. The van der Waals surface area contributed by atoms with Crippen LogP contribution >= 0.6 is 27.3 Å². The van der Waals surface area contributed by atoms with Crippen molar-refractivity contribution in [2.45, 2.75) is 10.8 Å². The average Bonchev–Trinajstić information content (AvgIpc) is 3.13. The van der Waals surface area contributed by atoms with Crippen LogP contribution in [0, 0.1) is 5.82 Å². The van der Waals surface area contributed by atoms with Gasteiger partial charge in [0.1, 0.15) is 10.0 Å². The lowest BCUT2D eigenvalue weighted by atomic mass is 10.2. The summed E-state index contributed by atoms with van der Waals surface area (Å²) in [5, 5.41) is 5.84. The van der Waals surface area contributed by atoms with E-state index in [1.807, 2.05) is 0 Å².